The summed E-state index contributed by atoms with van der Waals surface area (Å²) in [5, 5.41) is 6.32. The molecule has 1 amide bonds. The lowest BCUT2D eigenvalue weighted by Crippen LogP contribution is -2.27. The molecule has 2 aromatic heterocycles. The molecule has 3 aromatic rings. The van der Waals surface area contributed by atoms with Crippen LogP contribution in [0, 0.1) is 6.92 Å². The van der Waals surface area contributed by atoms with Crippen LogP contribution in [0.15, 0.2) is 41.1 Å². The Labute approximate surface area is 153 Å². The molecule has 138 valence electrons. The number of halogens is 2. The molecule has 0 spiro atoms. The van der Waals surface area contributed by atoms with E-state index in [9.17, 15) is 13.6 Å². The fourth-order valence-corrected chi connectivity index (χ4v) is 3.27. The number of nitrogens with one attached hydrogen (secondary N) is 1. The lowest BCUT2D eigenvalue weighted by Gasteiger charge is -2.14. The summed E-state index contributed by atoms with van der Waals surface area (Å²) in [6, 6.07) is 8.77. The van der Waals surface area contributed by atoms with E-state index in [0.717, 1.165) is 29.7 Å². The molecule has 1 aromatic carbocycles. The Kier molecular flexibility index (Phi) is 4.39. The third-order valence-electron chi connectivity index (χ3n) is 4.57. The number of fused-ring (bicyclic) bond motifs is 1. The van der Waals surface area contributed by atoms with E-state index >= 15 is 0 Å². The highest BCUT2D eigenvalue weighted by molar-refractivity contribution is 5.94. The van der Waals surface area contributed by atoms with E-state index in [4.69, 9.17) is 4.52 Å². The summed E-state index contributed by atoms with van der Waals surface area (Å²) in [5.74, 6) is -0.711. The number of amides is 1. The topological polar surface area (TPSA) is 80.9 Å². The molecule has 1 aliphatic carbocycles. The first kappa shape index (κ1) is 17.3. The molecule has 0 unspecified atom stereocenters. The Morgan fingerprint density at radius 2 is 2.15 bits per heavy atom. The molecule has 1 atom stereocenters. The minimum absolute atomic E-state index is 0.0628. The van der Waals surface area contributed by atoms with Gasteiger partial charge in [-0.2, -0.15) is 4.98 Å². The smallest absolute Gasteiger partial charge is 0.300 e. The maximum Gasteiger partial charge on any atom is 0.300 e. The molecule has 0 saturated heterocycles. The highest BCUT2D eigenvalue weighted by atomic mass is 19.3. The number of carbonyl (C=O) groups is 1. The molecule has 8 heteroatoms. The van der Waals surface area contributed by atoms with Crippen LogP contribution in [0.5, 0.6) is 0 Å². The van der Waals surface area contributed by atoms with E-state index in [-0.39, 0.29) is 17.8 Å². The average Bonchev–Trinajstić information content (AvgIpc) is 3.29. The first-order valence-corrected chi connectivity index (χ1v) is 8.50. The number of alkyl halides is 2. The van der Waals surface area contributed by atoms with Crippen molar-refractivity contribution in [2.24, 2.45) is 0 Å². The van der Waals surface area contributed by atoms with Gasteiger partial charge in [0.15, 0.2) is 0 Å². The number of benzene rings is 1. The van der Waals surface area contributed by atoms with E-state index in [1.165, 1.54) is 0 Å². The van der Waals surface area contributed by atoms with Crippen molar-refractivity contribution in [2.45, 2.75) is 32.2 Å². The number of hydrogen-bond donors (Lipinski definition) is 1. The summed E-state index contributed by atoms with van der Waals surface area (Å²) in [7, 11) is 0. The molecule has 1 N–H and O–H groups in total. The van der Waals surface area contributed by atoms with Gasteiger partial charge in [-0.3, -0.25) is 9.78 Å². The summed E-state index contributed by atoms with van der Waals surface area (Å²) in [6.45, 7) is 1.83. The lowest BCUT2D eigenvalue weighted by atomic mass is 10.0. The SMILES string of the molecule is Cc1cc(C(=O)N[C@@H]2CCc3cc(-c4nc(C(F)F)no4)ccc32)ccn1. The van der Waals surface area contributed by atoms with Crippen LogP contribution in [-0.2, 0) is 6.42 Å². The van der Waals surface area contributed by atoms with Crippen molar-refractivity contribution in [1.82, 2.24) is 20.4 Å². The lowest BCUT2D eigenvalue weighted by molar-refractivity contribution is 0.0936. The largest absolute Gasteiger partial charge is 0.345 e. The average molecular weight is 370 g/mol. The van der Waals surface area contributed by atoms with Gasteiger partial charge in [0.05, 0.1) is 6.04 Å². The van der Waals surface area contributed by atoms with Crippen LogP contribution < -0.4 is 5.32 Å². The summed E-state index contributed by atoms with van der Waals surface area (Å²) in [5.41, 5.74) is 3.97. The molecule has 4 rings (SSSR count). The van der Waals surface area contributed by atoms with E-state index in [0.29, 0.717) is 11.1 Å². The van der Waals surface area contributed by atoms with Gasteiger partial charge in [-0.05, 0) is 55.2 Å². The third-order valence-corrected chi connectivity index (χ3v) is 4.57. The molecule has 0 saturated carbocycles. The van der Waals surface area contributed by atoms with Crippen molar-refractivity contribution in [1.29, 1.82) is 0 Å². The second-order valence-corrected chi connectivity index (χ2v) is 6.42. The predicted octanol–water partition coefficient (Wildman–Crippen LogP) is 3.79. The standard InChI is InChI=1S/C19H16F2N4O2/c1-10-8-12(6-7-22-10)18(26)23-15-5-3-11-9-13(2-4-14(11)15)19-24-17(16(20)21)25-27-19/h2,4,6-9,15-16H,3,5H2,1H3,(H,23,26)/t15-/m1/s1. The first-order chi connectivity index (χ1) is 13.0. The summed E-state index contributed by atoms with van der Waals surface area (Å²) >= 11 is 0. The Balaban J connectivity index is 1.53. The second-order valence-electron chi connectivity index (χ2n) is 6.42. The van der Waals surface area contributed by atoms with Gasteiger partial charge >= 0.3 is 6.43 Å². The van der Waals surface area contributed by atoms with Gasteiger partial charge in [-0.25, -0.2) is 8.78 Å². The third kappa shape index (κ3) is 3.42. The number of nitrogens with zero attached hydrogens (tertiary/aromatic N) is 3. The minimum Gasteiger partial charge on any atom is -0.345 e. The Hall–Kier alpha value is -3.16. The maximum atomic E-state index is 12.6. The van der Waals surface area contributed by atoms with Crippen LogP contribution in [0.1, 0.15) is 51.9 Å². The minimum atomic E-state index is -2.77. The van der Waals surface area contributed by atoms with E-state index in [1.54, 1.807) is 24.4 Å². The molecule has 0 bridgehead atoms. The highest BCUT2D eigenvalue weighted by Crippen LogP contribution is 2.34. The van der Waals surface area contributed by atoms with Crippen LogP contribution >= 0.6 is 0 Å². The maximum absolute atomic E-state index is 12.6. The summed E-state index contributed by atoms with van der Waals surface area (Å²) < 4.78 is 30.2. The van der Waals surface area contributed by atoms with Crippen molar-refractivity contribution < 1.29 is 18.1 Å². The summed E-state index contributed by atoms with van der Waals surface area (Å²) in [4.78, 5) is 20.3. The van der Waals surface area contributed by atoms with Crippen LogP contribution in [0.3, 0.4) is 0 Å². The number of rotatable bonds is 4. The first-order valence-electron chi connectivity index (χ1n) is 8.50. The number of hydrogen-bond acceptors (Lipinski definition) is 5. The normalized spacial score (nSPS) is 15.8. The highest BCUT2D eigenvalue weighted by Gasteiger charge is 2.26. The number of pyridine rings is 1. The molecule has 0 aliphatic heterocycles. The van der Waals surface area contributed by atoms with Gasteiger partial charge in [-0.1, -0.05) is 11.2 Å². The fraction of sp³-hybridized carbons (Fsp3) is 0.263. The number of aryl methyl sites for hydroxylation is 2. The van der Waals surface area contributed by atoms with Gasteiger partial charge in [-0.15, -0.1) is 0 Å². The van der Waals surface area contributed by atoms with Crippen molar-refractivity contribution >= 4 is 5.91 Å². The predicted molar refractivity (Wildman–Crippen MR) is 92.2 cm³/mol. The molecule has 6 nitrogen and oxygen atoms in total. The molecular weight excluding hydrogens is 354 g/mol. The second kappa shape index (κ2) is 6.86. The number of carbonyl (C=O) groups excluding carboxylic acids is 1. The van der Waals surface area contributed by atoms with Crippen molar-refractivity contribution in [3.63, 3.8) is 0 Å². The zero-order valence-electron chi connectivity index (χ0n) is 14.4. The zero-order chi connectivity index (χ0) is 19.0. The van der Waals surface area contributed by atoms with Crippen LogP contribution in [0.25, 0.3) is 11.5 Å². The van der Waals surface area contributed by atoms with E-state index in [2.05, 4.69) is 20.4 Å². The molecular formula is C19H16F2N4O2. The van der Waals surface area contributed by atoms with Gasteiger partial charge in [0, 0.05) is 23.0 Å². The van der Waals surface area contributed by atoms with Gasteiger partial charge in [0.1, 0.15) is 0 Å². The monoisotopic (exact) mass is 370 g/mol. The van der Waals surface area contributed by atoms with Crippen LogP contribution in [-0.4, -0.2) is 21.0 Å². The van der Waals surface area contributed by atoms with E-state index in [1.807, 2.05) is 19.1 Å². The Morgan fingerprint density at radius 1 is 1.30 bits per heavy atom. The molecule has 27 heavy (non-hydrogen) atoms. The number of aromatic nitrogens is 3. The molecule has 2 heterocycles. The van der Waals surface area contributed by atoms with E-state index < -0.39 is 12.2 Å². The van der Waals surface area contributed by atoms with Crippen molar-refractivity contribution in [2.75, 3.05) is 0 Å². The van der Waals surface area contributed by atoms with Crippen LogP contribution in [0.4, 0.5) is 8.78 Å². The molecule has 0 radical (unpaired) electrons. The fourth-order valence-electron chi connectivity index (χ4n) is 3.27. The van der Waals surface area contributed by atoms with Crippen molar-refractivity contribution in [3.8, 4) is 11.5 Å². The van der Waals surface area contributed by atoms with Gasteiger partial charge in [0.2, 0.25) is 5.82 Å². The Morgan fingerprint density at radius 3 is 2.89 bits per heavy atom. The zero-order valence-corrected chi connectivity index (χ0v) is 14.4. The van der Waals surface area contributed by atoms with Crippen LogP contribution in [0.2, 0.25) is 0 Å². The summed E-state index contributed by atoms with van der Waals surface area (Å²) in [6.07, 6.45) is 0.366. The van der Waals surface area contributed by atoms with Crippen molar-refractivity contribution in [3.05, 3.63) is 64.7 Å². The molecule has 1 aliphatic rings. The Bertz CT molecular complexity index is 1000. The van der Waals surface area contributed by atoms with Gasteiger partial charge < -0.3 is 9.84 Å². The van der Waals surface area contributed by atoms with Gasteiger partial charge in [0.25, 0.3) is 11.8 Å². The quantitative estimate of drug-likeness (QED) is 0.756. The molecule has 0 fully saturated rings.